The summed E-state index contributed by atoms with van der Waals surface area (Å²) >= 11 is 0. The maximum atomic E-state index is 13.0. The molecular formula is C24H32N2O3S. The highest BCUT2D eigenvalue weighted by Gasteiger charge is 2.24. The SMILES string of the molecule is C=CCN(Cc1ccc(C(=O)NC(C(C)C)C(C)C)cc1)S(=O)(=O)c1ccccc1. The number of nitrogens with zero attached hydrogens (tertiary/aromatic N) is 1. The van der Waals surface area contributed by atoms with E-state index in [-0.39, 0.29) is 29.9 Å². The van der Waals surface area contributed by atoms with E-state index in [0.29, 0.717) is 17.4 Å². The summed E-state index contributed by atoms with van der Waals surface area (Å²) in [4.78, 5) is 12.9. The van der Waals surface area contributed by atoms with E-state index in [9.17, 15) is 13.2 Å². The Morgan fingerprint density at radius 1 is 1.00 bits per heavy atom. The molecule has 0 atom stereocenters. The fourth-order valence-corrected chi connectivity index (χ4v) is 4.86. The summed E-state index contributed by atoms with van der Waals surface area (Å²) in [5.41, 5.74) is 1.36. The molecule has 0 radical (unpaired) electrons. The second kappa shape index (κ2) is 10.5. The summed E-state index contributed by atoms with van der Waals surface area (Å²) in [6.45, 7) is 12.5. The molecule has 0 heterocycles. The molecule has 2 aromatic carbocycles. The van der Waals surface area contributed by atoms with Crippen molar-refractivity contribution in [2.75, 3.05) is 6.54 Å². The Hall–Kier alpha value is -2.44. The van der Waals surface area contributed by atoms with Crippen molar-refractivity contribution in [3.63, 3.8) is 0 Å². The molecule has 0 aromatic heterocycles. The van der Waals surface area contributed by atoms with Gasteiger partial charge in [-0.15, -0.1) is 6.58 Å². The van der Waals surface area contributed by atoms with Crippen LogP contribution in [0.25, 0.3) is 0 Å². The van der Waals surface area contributed by atoms with Crippen LogP contribution >= 0.6 is 0 Å². The smallest absolute Gasteiger partial charge is 0.251 e. The predicted octanol–water partition coefficient (Wildman–Crippen LogP) is 4.47. The molecule has 0 spiro atoms. The van der Waals surface area contributed by atoms with Crippen LogP contribution in [0, 0.1) is 11.8 Å². The molecule has 0 fully saturated rings. The van der Waals surface area contributed by atoms with Crippen LogP contribution in [0.1, 0.15) is 43.6 Å². The highest BCUT2D eigenvalue weighted by Crippen LogP contribution is 2.19. The largest absolute Gasteiger partial charge is 0.349 e. The second-order valence-corrected chi connectivity index (χ2v) is 10.0. The van der Waals surface area contributed by atoms with Gasteiger partial charge in [-0.1, -0.05) is 64.1 Å². The molecule has 0 unspecified atom stereocenters. The molecular weight excluding hydrogens is 396 g/mol. The number of hydrogen-bond acceptors (Lipinski definition) is 3. The molecule has 6 heteroatoms. The third kappa shape index (κ3) is 6.03. The molecule has 2 aromatic rings. The Morgan fingerprint density at radius 3 is 2.07 bits per heavy atom. The number of amides is 1. The first-order chi connectivity index (χ1) is 14.2. The zero-order valence-corrected chi connectivity index (χ0v) is 19.0. The monoisotopic (exact) mass is 428 g/mol. The molecule has 1 N–H and O–H groups in total. The summed E-state index contributed by atoms with van der Waals surface area (Å²) < 4.78 is 27.3. The number of carbonyl (C=O) groups is 1. The van der Waals surface area contributed by atoms with E-state index in [2.05, 4.69) is 39.6 Å². The maximum absolute atomic E-state index is 13.0. The van der Waals surface area contributed by atoms with E-state index in [0.717, 1.165) is 5.56 Å². The standard InChI is InChI=1S/C24H32N2O3S/c1-6-16-26(30(28,29)22-10-8-7-9-11-22)17-20-12-14-21(15-13-20)24(27)25-23(18(2)3)19(4)5/h6-15,18-19,23H,1,16-17H2,2-5H3,(H,25,27). The number of benzene rings is 2. The van der Waals surface area contributed by atoms with Gasteiger partial charge in [0.2, 0.25) is 10.0 Å². The highest BCUT2D eigenvalue weighted by atomic mass is 32.2. The summed E-state index contributed by atoms with van der Waals surface area (Å²) in [6.07, 6.45) is 1.57. The highest BCUT2D eigenvalue weighted by molar-refractivity contribution is 7.89. The van der Waals surface area contributed by atoms with Crippen molar-refractivity contribution in [3.8, 4) is 0 Å². The predicted molar refractivity (Wildman–Crippen MR) is 122 cm³/mol. The quantitative estimate of drug-likeness (QED) is 0.568. The zero-order valence-electron chi connectivity index (χ0n) is 18.2. The summed E-state index contributed by atoms with van der Waals surface area (Å²) in [5, 5.41) is 3.10. The minimum absolute atomic E-state index is 0.0938. The van der Waals surface area contributed by atoms with Crippen molar-refractivity contribution in [2.45, 2.75) is 45.2 Å². The van der Waals surface area contributed by atoms with Gasteiger partial charge in [-0.3, -0.25) is 4.79 Å². The molecule has 0 aliphatic carbocycles. The van der Waals surface area contributed by atoms with Crippen molar-refractivity contribution in [1.82, 2.24) is 9.62 Å². The Morgan fingerprint density at radius 2 is 1.57 bits per heavy atom. The number of nitrogens with one attached hydrogen (secondary N) is 1. The lowest BCUT2D eigenvalue weighted by Gasteiger charge is -2.26. The number of rotatable bonds is 10. The van der Waals surface area contributed by atoms with Gasteiger partial charge in [-0.25, -0.2) is 8.42 Å². The van der Waals surface area contributed by atoms with Crippen LogP contribution in [0.3, 0.4) is 0 Å². The van der Waals surface area contributed by atoms with Gasteiger partial charge in [0, 0.05) is 24.7 Å². The lowest BCUT2D eigenvalue weighted by Crippen LogP contribution is -2.42. The van der Waals surface area contributed by atoms with E-state index in [1.54, 1.807) is 60.7 Å². The second-order valence-electron chi connectivity index (χ2n) is 8.08. The van der Waals surface area contributed by atoms with Gasteiger partial charge < -0.3 is 5.32 Å². The first kappa shape index (κ1) is 23.8. The molecule has 0 bridgehead atoms. The molecule has 1 amide bonds. The molecule has 30 heavy (non-hydrogen) atoms. The van der Waals surface area contributed by atoms with Crippen LogP contribution in [0.4, 0.5) is 0 Å². The lowest BCUT2D eigenvalue weighted by atomic mass is 9.93. The van der Waals surface area contributed by atoms with Gasteiger partial charge in [0.05, 0.1) is 4.90 Å². The summed E-state index contributed by atoms with van der Waals surface area (Å²) in [7, 11) is -3.64. The van der Waals surface area contributed by atoms with Gasteiger partial charge in [0.1, 0.15) is 0 Å². The number of hydrogen-bond donors (Lipinski definition) is 1. The van der Waals surface area contributed by atoms with Gasteiger partial charge >= 0.3 is 0 Å². The first-order valence-corrected chi connectivity index (χ1v) is 11.7. The molecule has 162 valence electrons. The zero-order chi connectivity index (χ0) is 22.3. The van der Waals surface area contributed by atoms with E-state index in [1.807, 2.05) is 0 Å². The minimum atomic E-state index is -3.64. The van der Waals surface area contributed by atoms with Gasteiger partial charge in [-0.2, -0.15) is 4.31 Å². The minimum Gasteiger partial charge on any atom is -0.349 e. The molecule has 0 aliphatic rings. The van der Waals surface area contributed by atoms with Crippen LogP contribution in [0.2, 0.25) is 0 Å². The fourth-order valence-electron chi connectivity index (χ4n) is 3.44. The van der Waals surface area contributed by atoms with Crippen LogP contribution in [0.5, 0.6) is 0 Å². The number of carbonyl (C=O) groups excluding carboxylic acids is 1. The molecule has 2 rings (SSSR count). The van der Waals surface area contributed by atoms with Gasteiger partial charge in [0.25, 0.3) is 5.91 Å². The fraction of sp³-hybridized carbons (Fsp3) is 0.375. The third-order valence-corrected chi connectivity index (χ3v) is 6.85. The van der Waals surface area contributed by atoms with Crippen LogP contribution < -0.4 is 5.32 Å². The van der Waals surface area contributed by atoms with Crippen molar-refractivity contribution in [1.29, 1.82) is 0 Å². The lowest BCUT2D eigenvalue weighted by molar-refractivity contribution is 0.0910. The van der Waals surface area contributed by atoms with Crippen molar-refractivity contribution in [3.05, 3.63) is 78.4 Å². The topological polar surface area (TPSA) is 66.5 Å². The van der Waals surface area contributed by atoms with Crippen LogP contribution in [-0.2, 0) is 16.6 Å². The average Bonchev–Trinajstić information content (AvgIpc) is 2.72. The Labute approximate surface area is 180 Å². The average molecular weight is 429 g/mol. The molecule has 0 saturated carbocycles. The Balaban J connectivity index is 2.16. The van der Waals surface area contributed by atoms with Crippen molar-refractivity contribution in [2.24, 2.45) is 11.8 Å². The van der Waals surface area contributed by atoms with Gasteiger partial charge in [-0.05, 0) is 41.7 Å². The van der Waals surface area contributed by atoms with E-state index >= 15 is 0 Å². The maximum Gasteiger partial charge on any atom is 0.251 e. The Bertz CT molecular complexity index is 928. The molecule has 0 saturated heterocycles. The van der Waals surface area contributed by atoms with E-state index in [1.165, 1.54) is 4.31 Å². The van der Waals surface area contributed by atoms with E-state index < -0.39 is 10.0 Å². The number of sulfonamides is 1. The summed E-state index contributed by atoms with van der Waals surface area (Å²) in [5.74, 6) is 0.557. The van der Waals surface area contributed by atoms with Crippen molar-refractivity contribution < 1.29 is 13.2 Å². The summed E-state index contributed by atoms with van der Waals surface area (Å²) in [6, 6.07) is 15.5. The van der Waals surface area contributed by atoms with Gasteiger partial charge in [0.15, 0.2) is 0 Å². The normalized spacial score (nSPS) is 12.0. The van der Waals surface area contributed by atoms with Crippen LogP contribution in [-0.4, -0.2) is 31.2 Å². The molecule has 0 aliphatic heterocycles. The van der Waals surface area contributed by atoms with Crippen LogP contribution in [0.15, 0.2) is 72.1 Å². The first-order valence-electron chi connectivity index (χ1n) is 10.2. The molecule has 5 nitrogen and oxygen atoms in total. The third-order valence-electron chi connectivity index (χ3n) is 5.02. The van der Waals surface area contributed by atoms with Crippen molar-refractivity contribution >= 4 is 15.9 Å². The van der Waals surface area contributed by atoms with E-state index in [4.69, 9.17) is 0 Å². The Kier molecular flexibility index (Phi) is 8.38.